The monoisotopic (exact) mass is 592 g/mol. The van der Waals surface area contributed by atoms with Crippen LogP contribution in [0.3, 0.4) is 0 Å². The molecular formula is C31H61O8P. The van der Waals surface area contributed by atoms with Crippen molar-refractivity contribution in [1.82, 2.24) is 0 Å². The molecular weight excluding hydrogens is 531 g/mol. The normalized spacial score (nSPS) is 14.2. The maximum Gasteiger partial charge on any atom is 0.469 e. The predicted octanol–water partition coefficient (Wildman–Crippen LogP) is 7.73. The van der Waals surface area contributed by atoms with Crippen molar-refractivity contribution < 1.29 is 38.7 Å². The third-order valence-electron chi connectivity index (χ3n) is 7.73. The lowest BCUT2D eigenvalue weighted by Gasteiger charge is -2.30. The predicted molar refractivity (Wildman–Crippen MR) is 161 cm³/mol. The fraction of sp³-hybridized carbons (Fsp3) is 0.935. The minimum absolute atomic E-state index is 0.0118. The van der Waals surface area contributed by atoms with E-state index in [1.807, 2.05) is 0 Å². The summed E-state index contributed by atoms with van der Waals surface area (Å²) in [6, 6.07) is 0. The van der Waals surface area contributed by atoms with E-state index in [2.05, 4.69) is 18.4 Å². The zero-order valence-electron chi connectivity index (χ0n) is 25.6. The van der Waals surface area contributed by atoms with Crippen LogP contribution in [0.2, 0.25) is 0 Å². The van der Waals surface area contributed by atoms with Gasteiger partial charge in [-0.15, -0.1) is 0 Å². The van der Waals surface area contributed by atoms with E-state index in [9.17, 15) is 24.4 Å². The summed E-state index contributed by atoms with van der Waals surface area (Å²) in [6.07, 6.45) is 21.9. The van der Waals surface area contributed by atoms with Gasteiger partial charge in [-0.05, 0) is 12.8 Å². The molecule has 0 rings (SSSR count). The number of rotatable bonds is 30. The molecule has 0 bridgehead atoms. The van der Waals surface area contributed by atoms with Gasteiger partial charge < -0.3 is 20.0 Å². The summed E-state index contributed by atoms with van der Waals surface area (Å²) in [5.41, 5.74) is -2.67. The van der Waals surface area contributed by atoms with Gasteiger partial charge >= 0.3 is 7.82 Å². The first-order valence-electron chi connectivity index (χ1n) is 16.2. The Kier molecular flexibility index (Phi) is 24.5. The molecule has 0 aromatic carbocycles. The zero-order valence-corrected chi connectivity index (χ0v) is 26.5. The highest BCUT2D eigenvalue weighted by molar-refractivity contribution is 7.46. The Morgan fingerprint density at radius 3 is 1.30 bits per heavy atom. The van der Waals surface area contributed by atoms with E-state index >= 15 is 0 Å². The molecule has 0 fully saturated rings. The van der Waals surface area contributed by atoms with Crippen molar-refractivity contribution in [3.8, 4) is 0 Å². The van der Waals surface area contributed by atoms with E-state index in [1.165, 1.54) is 77.0 Å². The van der Waals surface area contributed by atoms with Crippen LogP contribution in [-0.4, -0.2) is 49.9 Å². The molecule has 9 heteroatoms. The molecule has 0 saturated heterocycles. The number of carbonyl (C=O) groups excluding carboxylic acids is 2. The van der Waals surface area contributed by atoms with Crippen LogP contribution in [0.1, 0.15) is 168 Å². The smallest absolute Gasteiger partial charge is 0.382 e. The highest BCUT2D eigenvalue weighted by Gasteiger charge is 2.47. The largest absolute Gasteiger partial charge is 0.469 e. The highest BCUT2D eigenvalue weighted by Crippen LogP contribution is 2.37. The van der Waals surface area contributed by atoms with Gasteiger partial charge in [0.05, 0.1) is 6.61 Å². The molecule has 4 N–H and O–H groups in total. The van der Waals surface area contributed by atoms with E-state index in [4.69, 9.17) is 9.79 Å². The van der Waals surface area contributed by atoms with Gasteiger partial charge in [-0.1, -0.05) is 142 Å². The lowest BCUT2D eigenvalue weighted by Crippen LogP contribution is -2.56. The first-order valence-corrected chi connectivity index (χ1v) is 17.8. The van der Waals surface area contributed by atoms with Crippen molar-refractivity contribution in [2.45, 2.75) is 180 Å². The molecule has 0 aromatic heterocycles. The number of aliphatic hydroxyl groups excluding tert-OH is 1. The maximum absolute atomic E-state index is 12.9. The SMILES string of the molecule is CCCCCCCCCCCCCC(=O)[C@H](O)[C@](O)(COP(=O)(O)O)C(=O)CCCCCCCCCCCCC. The number of unbranched alkanes of at least 4 members (excludes halogenated alkanes) is 20. The average Bonchev–Trinajstić information content (AvgIpc) is 2.92. The summed E-state index contributed by atoms with van der Waals surface area (Å²) in [6.45, 7) is 3.28. The fourth-order valence-corrected chi connectivity index (χ4v) is 5.39. The Hall–Kier alpha value is -0.630. The summed E-state index contributed by atoms with van der Waals surface area (Å²) in [5, 5.41) is 21.5. The van der Waals surface area contributed by atoms with Crippen LogP contribution in [0, 0.1) is 0 Å². The lowest BCUT2D eigenvalue weighted by atomic mass is 9.85. The number of phosphoric ester groups is 1. The van der Waals surface area contributed by atoms with Gasteiger partial charge in [0.2, 0.25) is 0 Å². The molecule has 0 aliphatic heterocycles. The molecule has 2 atom stereocenters. The number of ketones is 2. The standard InChI is InChI=1S/C31H61O8P/c1-3-5-7-9-11-13-15-17-19-21-23-25-28(32)30(34)31(35,27-39-40(36,37)38)29(33)26-24-22-20-18-16-14-12-10-8-6-4-2/h30,34-35H,3-27H2,1-2H3,(H2,36,37,38)/t30-,31-/m0/s1. The van der Waals surface area contributed by atoms with Crippen LogP contribution in [0.15, 0.2) is 0 Å². The first kappa shape index (κ1) is 39.4. The Balaban J connectivity index is 4.43. The summed E-state index contributed by atoms with van der Waals surface area (Å²) >= 11 is 0. The second-order valence-electron chi connectivity index (χ2n) is 11.6. The van der Waals surface area contributed by atoms with Crippen molar-refractivity contribution >= 4 is 19.4 Å². The molecule has 8 nitrogen and oxygen atoms in total. The van der Waals surface area contributed by atoms with Crippen molar-refractivity contribution in [2.75, 3.05) is 6.61 Å². The molecule has 0 saturated carbocycles. The molecule has 238 valence electrons. The second-order valence-corrected chi connectivity index (χ2v) is 12.8. The van der Waals surface area contributed by atoms with Crippen LogP contribution >= 0.6 is 7.82 Å². The molecule has 0 radical (unpaired) electrons. The first-order chi connectivity index (χ1) is 19.1. The molecule has 40 heavy (non-hydrogen) atoms. The van der Waals surface area contributed by atoms with Gasteiger partial charge in [-0.3, -0.25) is 14.1 Å². The van der Waals surface area contributed by atoms with Crippen LogP contribution in [-0.2, 0) is 18.7 Å². The molecule has 0 unspecified atom stereocenters. The lowest BCUT2D eigenvalue weighted by molar-refractivity contribution is -0.165. The molecule has 0 aromatic rings. The van der Waals surface area contributed by atoms with E-state index in [-0.39, 0.29) is 12.8 Å². The van der Waals surface area contributed by atoms with Crippen LogP contribution in [0.5, 0.6) is 0 Å². The Bertz CT molecular complexity index is 680. The summed E-state index contributed by atoms with van der Waals surface area (Å²) < 4.78 is 15.6. The molecule has 0 spiro atoms. The quantitative estimate of drug-likeness (QED) is 0.0490. The van der Waals surface area contributed by atoms with E-state index in [0.29, 0.717) is 12.8 Å². The third kappa shape index (κ3) is 21.1. The van der Waals surface area contributed by atoms with Crippen molar-refractivity contribution in [3.05, 3.63) is 0 Å². The van der Waals surface area contributed by atoms with Crippen molar-refractivity contribution in [1.29, 1.82) is 0 Å². The van der Waals surface area contributed by atoms with E-state index in [0.717, 1.165) is 51.4 Å². The highest BCUT2D eigenvalue weighted by atomic mass is 31.2. The summed E-state index contributed by atoms with van der Waals surface area (Å²) in [7, 11) is -5.01. The summed E-state index contributed by atoms with van der Waals surface area (Å²) in [5.74, 6) is -1.53. The molecule has 0 aliphatic carbocycles. The number of aliphatic hydroxyl groups is 2. The number of phosphoric acid groups is 1. The number of hydrogen-bond donors (Lipinski definition) is 4. The van der Waals surface area contributed by atoms with Gasteiger partial charge in [-0.2, -0.15) is 0 Å². The van der Waals surface area contributed by atoms with Gasteiger partial charge in [0.15, 0.2) is 23.3 Å². The Labute approximate surface area is 244 Å². The van der Waals surface area contributed by atoms with E-state index < -0.39 is 37.7 Å². The van der Waals surface area contributed by atoms with Gasteiger partial charge in [0.1, 0.15) is 0 Å². The second kappa shape index (κ2) is 24.9. The van der Waals surface area contributed by atoms with E-state index in [1.54, 1.807) is 0 Å². The van der Waals surface area contributed by atoms with Gasteiger partial charge in [0.25, 0.3) is 0 Å². The maximum atomic E-state index is 12.9. The summed E-state index contributed by atoms with van der Waals surface area (Å²) in [4.78, 5) is 43.6. The van der Waals surface area contributed by atoms with Gasteiger partial charge in [0, 0.05) is 12.8 Å². The minimum Gasteiger partial charge on any atom is -0.382 e. The fourth-order valence-electron chi connectivity index (χ4n) is 5.03. The molecule has 0 heterocycles. The number of carbonyl (C=O) groups is 2. The number of Topliss-reactive ketones (excluding diaryl/α,β-unsaturated/α-hetero) is 2. The zero-order chi connectivity index (χ0) is 30.1. The van der Waals surface area contributed by atoms with Gasteiger partial charge in [-0.25, -0.2) is 4.57 Å². The molecule has 0 aliphatic rings. The van der Waals surface area contributed by atoms with Crippen molar-refractivity contribution in [2.24, 2.45) is 0 Å². The average molecular weight is 593 g/mol. The van der Waals surface area contributed by atoms with Crippen LogP contribution in [0.25, 0.3) is 0 Å². The van der Waals surface area contributed by atoms with Crippen LogP contribution < -0.4 is 0 Å². The van der Waals surface area contributed by atoms with Crippen LogP contribution in [0.4, 0.5) is 0 Å². The molecule has 0 amide bonds. The minimum atomic E-state index is -5.01. The van der Waals surface area contributed by atoms with Crippen molar-refractivity contribution in [3.63, 3.8) is 0 Å². The topological polar surface area (TPSA) is 141 Å². The Morgan fingerprint density at radius 2 is 0.950 bits per heavy atom. The number of hydrogen-bond acceptors (Lipinski definition) is 6. The Morgan fingerprint density at radius 1 is 0.625 bits per heavy atom. The third-order valence-corrected chi connectivity index (χ3v) is 8.19.